The lowest BCUT2D eigenvalue weighted by molar-refractivity contribution is 1.23. The Balaban J connectivity index is 2.68. The Morgan fingerprint density at radius 3 is 2.87 bits per heavy atom. The number of rotatable bonds is 0. The van der Waals surface area contributed by atoms with Crippen LogP contribution in [0.2, 0.25) is 0 Å². The highest BCUT2D eigenvalue weighted by Gasteiger charge is 2.11. The third-order valence-corrected chi connectivity index (χ3v) is 2.49. The molecule has 0 atom stereocenters. The molecule has 0 heterocycles. The summed E-state index contributed by atoms with van der Waals surface area (Å²) in [6.45, 7) is 4.11. The molecular formula is C14H15N. The normalized spacial score (nSPS) is 13.3. The fourth-order valence-corrected chi connectivity index (χ4v) is 1.85. The molecule has 1 aliphatic carbocycles. The molecule has 0 aliphatic heterocycles. The molecule has 76 valence electrons. The van der Waals surface area contributed by atoms with Crippen molar-refractivity contribution in [1.82, 2.24) is 0 Å². The van der Waals surface area contributed by atoms with E-state index in [-0.39, 0.29) is 0 Å². The molecule has 1 nitrogen and oxygen atoms in total. The molecule has 1 aliphatic rings. The summed E-state index contributed by atoms with van der Waals surface area (Å²) < 4.78 is 0. The minimum atomic E-state index is 0.880. The van der Waals surface area contributed by atoms with Gasteiger partial charge in [-0.25, -0.2) is 0 Å². The molecule has 15 heavy (non-hydrogen) atoms. The van der Waals surface area contributed by atoms with Gasteiger partial charge in [0.2, 0.25) is 0 Å². The first-order valence-electron chi connectivity index (χ1n) is 5.17. The number of anilines is 1. The van der Waals surface area contributed by atoms with E-state index in [2.05, 4.69) is 37.8 Å². The summed E-state index contributed by atoms with van der Waals surface area (Å²) in [4.78, 5) is 0. The predicted molar refractivity (Wildman–Crippen MR) is 65.5 cm³/mol. The zero-order valence-electron chi connectivity index (χ0n) is 9.17. The van der Waals surface area contributed by atoms with Gasteiger partial charge in [0, 0.05) is 11.3 Å². The van der Waals surface area contributed by atoms with E-state index in [4.69, 9.17) is 5.73 Å². The van der Waals surface area contributed by atoms with Gasteiger partial charge >= 0.3 is 0 Å². The van der Waals surface area contributed by atoms with Gasteiger partial charge in [0.25, 0.3) is 0 Å². The number of benzene rings is 1. The van der Waals surface area contributed by atoms with Crippen molar-refractivity contribution in [2.75, 3.05) is 5.73 Å². The van der Waals surface area contributed by atoms with E-state index in [1.54, 1.807) is 0 Å². The largest absolute Gasteiger partial charge is 0.398 e. The van der Waals surface area contributed by atoms with E-state index >= 15 is 0 Å². The first-order chi connectivity index (χ1) is 7.18. The predicted octanol–water partition coefficient (Wildman–Crippen LogP) is 3.33. The number of nitrogen functional groups attached to an aromatic ring is 1. The van der Waals surface area contributed by atoms with E-state index in [1.807, 2.05) is 12.1 Å². The van der Waals surface area contributed by atoms with Crippen LogP contribution in [0.15, 0.2) is 41.7 Å². The molecule has 2 rings (SSSR count). The van der Waals surface area contributed by atoms with Crippen LogP contribution in [0.4, 0.5) is 5.69 Å². The molecule has 0 spiro atoms. The van der Waals surface area contributed by atoms with E-state index < -0.39 is 0 Å². The minimum Gasteiger partial charge on any atom is -0.398 e. The molecule has 0 amide bonds. The quantitative estimate of drug-likeness (QED) is 0.501. The van der Waals surface area contributed by atoms with Crippen LogP contribution in [0, 0.1) is 0 Å². The van der Waals surface area contributed by atoms with Gasteiger partial charge in [-0.05, 0) is 43.0 Å². The van der Waals surface area contributed by atoms with Crippen LogP contribution in [-0.2, 0) is 6.42 Å². The zero-order valence-corrected chi connectivity index (χ0v) is 9.17. The second kappa shape index (κ2) is 3.80. The molecule has 0 fully saturated rings. The molecule has 1 aromatic rings. The van der Waals surface area contributed by atoms with E-state index in [1.165, 1.54) is 16.7 Å². The molecule has 2 N–H and O–H groups in total. The summed E-state index contributed by atoms with van der Waals surface area (Å²) in [7, 11) is 0. The smallest absolute Gasteiger partial charge is 0.0356 e. The van der Waals surface area contributed by atoms with Crippen molar-refractivity contribution in [3.05, 3.63) is 52.8 Å². The lowest BCUT2D eigenvalue weighted by Gasteiger charge is -2.14. The van der Waals surface area contributed by atoms with Gasteiger partial charge in [0.1, 0.15) is 0 Å². The second-order valence-electron chi connectivity index (χ2n) is 4.02. The maximum Gasteiger partial charge on any atom is 0.0356 e. The van der Waals surface area contributed by atoms with Crippen molar-refractivity contribution in [1.29, 1.82) is 0 Å². The van der Waals surface area contributed by atoms with Crippen LogP contribution in [0.1, 0.15) is 25.0 Å². The number of fused-ring (bicyclic) bond motifs is 1. The summed E-state index contributed by atoms with van der Waals surface area (Å²) in [5.74, 6) is 0. The Kier molecular flexibility index (Phi) is 2.49. The number of nitrogens with two attached hydrogens (primary N) is 1. The van der Waals surface area contributed by atoms with Crippen LogP contribution in [-0.4, -0.2) is 0 Å². The topological polar surface area (TPSA) is 26.0 Å². The Bertz CT molecular complexity index is 482. The Morgan fingerprint density at radius 2 is 2.13 bits per heavy atom. The summed E-state index contributed by atoms with van der Waals surface area (Å²) in [5, 5.41) is 0. The number of hydrogen-bond donors (Lipinski definition) is 1. The highest BCUT2D eigenvalue weighted by Crippen LogP contribution is 2.29. The Labute approximate surface area is 90.6 Å². The van der Waals surface area contributed by atoms with Gasteiger partial charge in [0.05, 0.1) is 0 Å². The van der Waals surface area contributed by atoms with Crippen molar-refractivity contribution < 1.29 is 0 Å². The first kappa shape index (κ1) is 9.82. The molecule has 0 radical (unpaired) electrons. The molecule has 0 aromatic heterocycles. The number of hydrogen-bond acceptors (Lipinski definition) is 1. The summed E-state index contributed by atoms with van der Waals surface area (Å²) in [6, 6.07) is 6.07. The van der Waals surface area contributed by atoms with Crippen LogP contribution in [0.5, 0.6) is 0 Å². The van der Waals surface area contributed by atoms with Crippen molar-refractivity contribution in [3.8, 4) is 0 Å². The zero-order chi connectivity index (χ0) is 10.8. The lowest BCUT2D eigenvalue weighted by Crippen LogP contribution is -2.01. The number of allylic oxidation sites excluding steroid dienone is 3. The lowest BCUT2D eigenvalue weighted by atomic mass is 9.91. The average Bonchev–Trinajstić information content (AvgIpc) is 2.19. The summed E-state index contributed by atoms with van der Waals surface area (Å²) in [5.41, 5.74) is 15.0. The van der Waals surface area contributed by atoms with Crippen molar-refractivity contribution in [2.24, 2.45) is 0 Å². The molecule has 0 bridgehead atoms. The van der Waals surface area contributed by atoms with Gasteiger partial charge in [-0.2, -0.15) is 0 Å². The molecule has 0 unspecified atom stereocenters. The molecule has 1 heteroatoms. The molecule has 0 saturated heterocycles. The van der Waals surface area contributed by atoms with Crippen LogP contribution >= 0.6 is 0 Å². The summed E-state index contributed by atoms with van der Waals surface area (Å²) in [6.07, 6.45) is 5.19. The fraction of sp³-hybridized carbons (Fsp3) is 0.214. The van der Waals surface area contributed by atoms with Gasteiger partial charge in [-0.15, -0.1) is 5.73 Å². The van der Waals surface area contributed by atoms with Gasteiger partial charge in [-0.3, -0.25) is 0 Å². The van der Waals surface area contributed by atoms with Crippen molar-refractivity contribution in [3.63, 3.8) is 0 Å². The molecule has 0 saturated carbocycles. The average molecular weight is 197 g/mol. The standard InChI is InChI=1S/C14H15N/c1-10(2)9-11-5-3-7-13-12(11)6-4-8-14(13)15/h3-6,8H,7,15H2,1-2H3. The Morgan fingerprint density at radius 1 is 1.33 bits per heavy atom. The maximum absolute atomic E-state index is 5.95. The third-order valence-electron chi connectivity index (χ3n) is 2.49. The van der Waals surface area contributed by atoms with Gasteiger partial charge in [0.15, 0.2) is 0 Å². The van der Waals surface area contributed by atoms with E-state index in [0.29, 0.717) is 0 Å². The van der Waals surface area contributed by atoms with Gasteiger partial charge in [-0.1, -0.05) is 24.3 Å². The van der Waals surface area contributed by atoms with E-state index in [9.17, 15) is 0 Å². The van der Waals surface area contributed by atoms with Crippen molar-refractivity contribution in [2.45, 2.75) is 20.3 Å². The van der Waals surface area contributed by atoms with Crippen LogP contribution in [0.3, 0.4) is 0 Å². The van der Waals surface area contributed by atoms with Crippen LogP contribution in [0.25, 0.3) is 5.57 Å². The second-order valence-corrected chi connectivity index (χ2v) is 4.02. The fourth-order valence-electron chi connectivity index (χ4n) is 1.85. The highest BCUT2D eigenvalue weighted by atomic mass is 14.6. The molecular weight excluding hydrogens is 182 g/mol. The third kappa shape index (κ3) is 1.88. The highest BCUT2D eigenvalue weighted by molar-refractivity contribution is 5.80. The first-order valence-corrected chi connectivity index (χ1v) is 5.17. The molecule has 1 aromatic carbocycles. The minimum absolute atomic E-state index is 0.880. The monoisotopic (exact) mass is 197 g/mol. The SMILES string of the molecule is CC(C)=C=C1C=CCc2c(N)cccc21. The maximum atomic E-state index is 5.95. The summed E-state index contributed by atoms with van der Waals surface area (Å²) >= 11 is 0. The van der Waals surface area contributed by atoms with Gasteiger partial charge < -0.3 is 5.73 Å². The van der Waals surface area contributed by atoms with Crippen molar-refractivity contribution >= 4 is 11.3 Å². The van der Waals surface area contributed by atoms with E-state index in [0.717, 1.165) is 17.7 Å². The Hall–Kier alpha value is -1.72. The van der Waals surface area contributed by atoms with Crippen LogP contribution < -0.4 is 5.73 Å².